The molecule has 29 heavy (non-hydrogen) atoms. The average Bonchev–Trinajstić information content (AvgIpc) is 3.14. The Morgan fingerprint density at radius 3 is 2.31 bits per heavy atom. The lowest BCUT2D eigenvalue weighted by atomic mass is 10.1. The summed E-state index contributed by atoms with van der Waals surface area (Å²) in [6.45, 7) is 4.07. The number of carbonyl (C=O) groups excluding carboxylic acids is 1. The van der Waals surface area contributed by atoms with Crippen LogP contribution in [0.2, 0.25) is 0 Å². The van der Waals surface area contributed by atoms with Crippen LogP contribution < -0.4 is 5.32 Å². The highest BCUT2D eigenvalue weighted by Crippen LogP contribution is 2.25. The van der Waals surface area contributed by atoms with E-state index in [1.807, 2.05) is 0 Å². The van der Waals surface area contributed by atoms with Gasteiger partial charge in [0.2, 0.25) is 0 Å². The number of carbonyl (C=O) groups is 1. The first-order valence-electron chi connectivity index (χ1n) is 9.63. The number of benzene rings is 2. The third-order valence-electron chi connectivity index (χ3n) is 4.96. The summed E-state index contributed by atoms with van der Waals surface area (Å²) in [6.07, 6.45) is 2.99. The van der Waals surface area contributed by atoms with Gasteiger partial charge in [-0.2, -0.15) is 0 Å². The second-order valence-electron chi connectivity index (χ2n) is 7.02. The minimum atomic E-state index is -1.58. The Hall–Kier alpha value is -2.74. The molecular weight excluding hydrogens is 381 g/mol. The van der Waals surface area contributed by atoms with Gasteiger partial charge in [-0.05, 0) is 36.9 Å². The maximum Gasteiger partial charge on any atom is 0.359 e. The average molecular weight is 404 g/mol. The van der Waals surface area contributed by atoms with Gasteiger partial charge in [0, 0.05) is 31.3 Å². The summed E-state index contributed by atoms with van der Waals surface area (Å²) in [5, 5.41) is 9.46. The van der Waals surface area contributed by atoms with Crippen LogP contribution in [0.1, 0.15) is 24.5 Å². The lowest BCUT2D eigenvalue weighted by molar-refractivity contribution is 0.200. The van der Waals surface area contributed by atoms with Gasteiger partial charge in [-0.25, -0.2) is 18.0 Å². The molecule has 0 spiro atoms. The Morgan fingerprint density at radius 2 is 1.72 bits per heavy atom. The number of azo groups is 1. The second kappa shape index (κ2) is 9.65. The van der Waals surface area contributed by atoms with E-state index >= 15 is 0 Å². The molecular formula is C21H23F3N4O. The van der Waals surface area contributed by atoms with E-state index in [1.54, 1.807) is 0 Å². The fourth-order valence-electron chi connectivity index (χ4n) is 3.60. The molecule has 1 aliphatic rings. The molecule has 1 N–H and O–H groups in total. The van der Waals surface area contributed by atoms with E-state index < -0.39 is 23.5 Å². The van der Waals surface area contributed by atoms with Gasteiger partial charge in [0.05, 0.1) is 5.69 Å². The number of halogens is 3. The third-order valence-corrected chi connectivity index (χ3v) is 4.96. The maximum atomic E-state index is 13.2. The van der Waals surface area contributed by atoms with E-state index in [0.29, 0.717) is 31.3 Å². The molecule has 0 aromatic heterocycles. The number of hydrogen-bond donors (Lipinski definition) is 1. The molecule has 2 aromatic carbocycles. The first-order valence-corrected chi connectivity index (χ1v) is 9.63. The van der Waals surface area contributed by atoms with Gasteiger partial charge < -0.3 is 5.32 Å². The molecule has 154 valence electrons. The van der Waals surface area contributed by atoms with Crippen molar-refractivity contribution in [3.8, 4) is 0 Å². The molecule has 0 bridgehead atoms. The highest BCUT2D eigenvalue weighted by atomic mass is 19.2. The number of urea groups is 1. The molecule has 2 aromatic rings. The lowest BCUT2D eigenvalue weighted by Gasteiger charge is -2.28. The van der Waals surface area contributed by atoms with Crippen LogP contribution >= 0.6 is 0 Å². The highest BCUT2D eigenvalue weighted by molar-refractivity contribution is 5.74. The summed E-state index contributed by atoms with van der Waals surface area (Å²) in [5.41, 5.74) is 2.47. The van der Waals surface area contributed by atoms with Crippen LogP contribution in [0.5, 0.6) is 0 Å². The van der Waals surface area contributed by atoms with Gasteiger partial charge in [0.15, 0.2) is 17.5 Å². The van der Waals surface area contributed by atoms with Crippen molar-refractivity contribution < 1.29 is 18.0 Å². The van der Waals surface area contributed by atoms with Gasteiger partial charge in [0.25, 0.3) is 0 Å². The number of fused-ring (bicyclic) bond motifs is 1. The van der Waals surface area contributed by atoms with Crippen LogP contribution in [0.4, 0.5) is 23.7 Å². The molecule has 0 heterocycles. The fourth-order valence-corrected chi connectivity index (χ4v) is 3.60. The topological polar surface area (TPSA) is 57.1 Å². The zero-order valence-electron chi connectivity index (χ0n) is 16.2. The van der Waals surface area contributed by atoms with Gasteiger partial charge >= 0.3 is 6.03 Å². The summed E-state index contributed by atoms with van der Waals surface area (Å²) in [6, 6.07) is 9.44. The molecule has 1 aliphatic carbocycles. The molecule has 0 radical (unpaired) electrons. The summed E-state index contributed by atoms with van der Waals surface area (Å²) < 4.78 is 39.2. The fraction of sp³-hybridized carbons (Fsp3) is 0.381. The van der Waals surface area contributed by atoms with E-state index in [1.165, 1.54) is 11.1 Å². The maximum absolute atomic E-state index is 13.2. The van der Waals surface area contributed by atoms with Crippen molar-refractivity contribution in [2.45, 2.75) is 32.2 Å². The monoisotopic (exact) mass is 404 g/mol. The number of rotatable bonds is 7. The van der Waals surface area contributed by atoms with Crippen LogP contribution in [0, 0.1) is 17.5 Å². The predicted molar refractivity (Wildman–Crippen MR) is 104 cm³/mol. The number of nitrogens with zero attached hydrogens (tertiary/aromatic N) is 3. The van der Waals surface area contributed by atoms with Crippen molar-refractivity contribution >= 4 is 11.7 Å². The lowest BCUT2D eigenvalue weighted by Crippen LogP contribution is -2.41. The summed E-state index contributed by atoms with van der Waals surface area (Å²) in [5.74, 6) is -4.35. The summed E-state index contributed by atoms with van der Waals surface area (Å²) in [7, 11) is 0. The van der Waals surface area contributed by atoms with Crippen molar-refractivity contribution in [2.75, 3.05) is 19.6 Å². The van der Waals surface area contributed by atoms with Gasteiger partial charge in [-0.1, -0.05) is 36.3 Å². The van der Waals surface area contributed by atoms with E-state index in [2.05, 4.69) is 51.6 Å². The first-order chi connectivity index (χ1) is 14.0. The highest BCUT2D eigenvalue weighted by Gasteiger charge is 2.25. The Morgan fingerprint density at radius 1 is 1.10 bits per heavy atom. The van der Waals surface area contributed by atoms with E-state index in [4.69, 9.17) is 0 Å². The molecule has 2 amide bonds. The molecule has 0 atom stereocenters. The Bertz CT molecular complexity index is 855. The first kappa shape index (κ1) is 21.0. The minimum absolute atomic E-state index is 0.270. The smallest absolute Gasteiger partial charge is 0.334 e. The zero-order valence-corrected chi connectivity index (χ0v) is 16.2. The zero-order chi connectivity index (χ0) is 20.8. The van der Waals surface area contributed by atoms with Crippen molar-refractivity contribution in [3.63, 3.8) is 0 Å². The van der Waals surface area contributed by atoms with Gasteiger partial charge in [-0.3, -0.25) is 4.90 Å². The van der Waals surface area contributed by atoms with Crippen molar-refractivity contribution in [1.29, 1.82) is 0 Å². The van der Waals surface area contributed by atoms with E-state index in [9.17, 15) is 18.0 Å². The number of hydrogen-bond acceptors (Lipinski definition) is 3. The van der Waals surface area contributed by atoms with Crippen LogP contribution in [0.15, 0.2) is 46.6 Å². The molecule has 0 aliphatic heterocycles. The summed E-state index contributed by atoms with van der Waals surface area (Å²) in [4.78, 5) is 14.2. The Balaban J connectivity index is 1.50. The Kier molecular flexibility index (Phi) is 6.98. The Labute approximate surface area is 167 Å². The third kappa shape index (κ3) is 5.41. The second-order valence-corrected chi connectivity index (χ2v) is 7.02. The van der Waals surface area contributed by atoms with Gasteiger partial charge in [0.1, 0.15) is 0 Å². The molecule has 0 unspecified atom stereocenters. The minimum Gasteiger partial charge on any atom is -0.334 e. The molecule has 5 nitrogen and oxygen atoms in total. The van der Waals surface area contributed by atoms with E-state index in [0.717, 1.165) is 25.8 Å². The van der Waals surface area contributed by atoms with E-state index in [-0.39, 0.29) is 5.69 Å². The van der Waals surface area contributed by atoms with Crippen LogP contribution in [0.3, 0.4) is 0 Å². The van der Waals surface area contributed by atoms with Gasteiger partial charge in [-0.15, -0.1) is 5.11 Å². The number of nitrogens with one attached hydrogen (secondary N) is 1. The SMILES string of the molecule is CCCN(CCNC(=O)N=Nc1cc(F)c(F)c(F)c1)C1Cc2ccccc2C1. The summed E-state index contributed by atoms with van der Waals surface area (Å²) >= 11 is 0. The van der Waals surface area contributed by atoms with Crippen LogP contribution in [-0.2, 0) is 12.8 Å². The van der Waals surface area contributed by atoms with Crippen molar-refractivity contribution in [1.82, 2.24) is 10.2 Å². The number of amides is 2. The molecule has 8 heteroatoms. The molecule has 0 saturated heterocycles. The standard InChI is InChI=1S/C21H23F3N4O/c1-2-8-28(17-10-14-5-3-4-6-15(14)11-17)9-7-25-21(29)27-26-16-12-18(22)20(24)19(23)13-16/h3-6,12-13,17H,2,7-11H2,1H3,(H,25,29). The van der Waals surface area contributed by atoms with Crippen LogP contribution in [0.25, 0.3) is 0 Å². The molecule has 3 rings (SSSR count). The molecule has 0 saturated carbocycles. The predicted octanol–water partition coefficient (Wildman–Crippen LogP) is 4.78. The normalized spacial score (nSPS) is 14.0. The van der Waals surface area contributed by atoms with Crippen LogP contribution in [-0.4, -0.2) is 36.6 Å². The quantitative estimate of drug-likeness (QED) is 0.534. The molecule has 0 fully saturated rings. The largest absolute Gasteiger partial charge is 0.359 e. The van der Waals surface area contributed by atoms with Crippen molar-refractivity contribution in [3.05, 3.63) is 65.0 Å². The van der Waals surface area contributed by atoms with Crippen molar-refractivity contribution in [2.24, 2.45) is 10.2 Å².